The maximum absolute atomic E-state index is 13.0. The normalized spacial score (nSPS) is 18.8. The number of carbonyl (C=O) groups is 1. The third-order valence-corrected chi connectivity index (χ3v) is 7.16. The zero-order valence-electron chi connectivity index (χ0n) is 20.0. The number of aromatic amines is 1. The molecule has 1 amide bonds. The third kappa shape index (κ3) is 5.09. The minimum atomic E-state index is -0.268. The molecule has 2 N–H and O–H groups in total. The Morgan fingerprint density at radius 3 is 2.44 bits per heavy atom. The lowest BCUT2D eigenvalue weighted by molar-refractivity contribution is 0.102. The summed E-state index contributed by atoms with van der Waals surface area (Å²) >= 11 is 13.0. The highest BCUT2D eigenvalue weighted by Gasteiger charge is 2.28. The van der Waals surface area contributed by atoms with E-state index in [-0.39, 0.29) is 5.91 Å². The standard InChI is InChI=1S/C26H31Cl2N5O/c1-5-18-13-29-25(30-18)22-11-19(7-10-23(22)27)31-26(34)21-9-8-20(12-24(21)28)32-14-16(3)33(6-2)17(4)15-32/h7-13,16-17H,5-6,14-15H2,1-4H3,(H,29,30)(H,31,34)/t16-,17+. The van der Waals surface area contributed by atoms with Crippen LogP contribution in [0.1, 0.15) is 43.7 Å². The van der Waals surface area contributed by atoms with Crippen molar-refractivity contribution < 1.29 is 4.79 Å². The zero-order valence-corrected chi connectivity index (χ0v) is 21.5. The van der Waals surface area contributed by atoms with Crippen molar-refractivity contribution in [3.05, 3.63) is 63.9 Å². The highest BCUT2D eigenvalue weighted by molar-refractivity contribution is 6.35. The molecule has 0 aliphatic carbocycles. The maximum Gasteiger partial charge on any atom is 0.257 e. The van der Waals surface area contributed by atoms with Crippen molar-refractivity contribution in [2.45, 2.75) is 46.2 Å². The van der Waals surface area contributed by atoms with E-state index < -0.39 is 0 Å². The number of amides is 1. The van der Waals surface area contributed by atoms with Crippen LogP contribution >= 0.6 is 23.2 Å². The second kappa shape index (κ2) is 10.4. The van der Waals surface area contributed by atoms with E-state index in [1.165, 1.54) is 0 Å². The quantitative estimate of drug-likeness (QED) is 0.428. The fourth-order valence-electron chi connectivity index (χ4n) is 4.73. The van der Waals surface area contributed by atoms with Crippen LogP contribution in [0.2, 0.25) is 10.0 Å². The number of halogens is 2. The van der Waals surface area contributed by atoms with Crippen LogP contribution in [-0.4, -0.2) is 52.5 Å². The highest BCUT2D eigenvalue weighted by Crippen LogP contribution is 2.31. The average molecular weight is 500 g/mol. The molecule has 4 rings (SSSR count). The van der Waals surface area contributed by atoms with E-state index in [1.807, 2.05) is 18.2 Å². The molecule has 2 heterocycles. The first-order valence-corrected chi connectivity index (χ1v) is 12.5. The Hall–Kier alpha value is -2.54. The summed E-state index contributed by atoms with van der Waals surface area (Å²) in [6.45, 7) is 11.7. The van der Waals surface area contributed by atoms with Gasteiger partial charge in [0.15, 0.2) is 0 Å². The minimum Gasteiger partial charge on any atom is -0.368 e. The summed E-state index contributed by atoms with van der Waals surface area (Å²) < 4.78 is 0. The smallest absolute Gasteiger partial charge is 0.257 e. The van der Waals surface area contributed by atoms with E-state index in [2.05, 4.69) is 52.8 Å². The molecule has 1 fully saturated rings. The van der Waals surface area contributed by atoms with Gasteiger partial charge in [0, 0.05) is 54.0 Å². The van der Waals surface area contributed by atoms with Crippen LogP contribution in [0.4, 0.5) is 11.4 Å². The number of hydrogen-bond donors (Lipinski definition) is 2. The zero-order chi connectivity index (χ0) is 24.4. The van der Waals surface area contributed by atoms with Gasteiger partial charge in [-0.25, -0.2) is 4.98 Å². The van der Waals surface area contributed by atoms with Crippen LogP contribution in [0.15, 0.2) is 42.6 Å². The number of hydrogen-bond acceptors (Lipinski definition) is 4. The second-order valence-electron chi connectivity index (χ2n) is 8.86. The van der Waals surface area contributed by atoms with Crippen LogP contribution in [0.5, 0.6) is 0 Å². The second-order valence-corrected chi connectivity index (χ2v) is 9.67. The third-order valence-electron chi connectivity index (χ3n) is 6.52. The monoisotopic (exact) mass is 499 g/mol. The van der Waals surface area contributed by atoms with E-state index >= 15 is 0 Å². The SMILES string of the molecule is CCc1cnc(-c2cc(NC(=O)c3ccc(N4C[C@@H](C)N(CC)[C@@H](C)C4)cc3Cl)ccc2Cl)[nH]1. The fraction of sp³-hybridized carbons (Fsp3) is 0.385. The number of aromatic nitrogens is 2. The lowest BCUT2D eigenvalue weighted by atomic mass is 10.1. The van der Waals surface area contributed by atoms with Crippen LogP contribution in [0.3, 0.4) is 0 Å². The number of H-pyrrole nitrogens is 1. The number of nitrogens with zero attached hydrogens (tertiary/aromatic N) is 3. The van der Waals surface area contributed by atoms with Gasteiger partial charge in [0.25, 0.3) is 5.91 Å². The number of benzene rings is 2. The van der Waals surface area contributed by atoms with Crippen LogP contribution < -0.4 is 10.2 Å². The molecule has 2 atom stereocenters. The topological polar surface area (TPSA) is 64.3 Å². The molecule has 1 aliphatic heterocycles. The van der Waals surface area contributed by atoms with Gasteiger partial charge in [0.05, 0.1) is 15.6 Å². The molecule has 0 radical (unpaired) electrons. The Kier molecular flexibility index (Phi) is 7.51. The van der Waals surface area contributed by atoms with Gasteiger partial charge < -0.3 is 15.2 Å². The fourth-order valence-corrected chi connectivity index (χ4v) is 5.20. The van der Waals surface area contributed by atoms with Crippen LogP contribution in [0, 0.1) is 0 Å². The summed E-state index contributed by atoms with van der Waals surface area (Å²) in [7, 11) is 0. The van der Waals surface area contributed by atoms with Gasteiger partial charge in [-0.1, -0.05) is 37.0 Å². The molecule has 34 heavy (non-hydrogen) atoms. The number of rotatable bonds is 6. The molecule has 2 aromatic carbocycles. The minimum absolute atomic E-state index is 0.268. The number of piperazine rings is 1. The molecule has 1 aromatic heterocycles. The molecule has 180 valence electrons. The van der Waals surface area contributed by atoms with Crippen molar-refractivity contribution in [3.63, 3.8) is 0 Å². The summed E-state index contributed by atoms with van der Waals surface area (Å²) in [5, 5.41) is 3.93. The van der Waals surface area contributed by atoms with Gasteiger partial charge in [0.2, 0.25) is 0 Å². The number of anilines is 2. The van der Waals surface area contributed by atoms with Gasteiger partial charge in [-0.2, -0.15) is 0 Å². The number of imidazole rings is 1. The maximum atomic E-state index is 13.0. The Morgan fingerprint density at radius 2 is 1.82 bits per heavy atom. The summed E-state index contributed by atoms with van der Waals surface area (Å²) in [6, 6.07) is 11.9. The first-order valence-electron chi connectivity index (χ1n) is 11.8. The van der Waals surface area contributed by atoms with E-state index in [0.29, 0.717) is 39.2 Å². The van der Waals surface area contributed by atoms with Gasteiger partial charge >= 0.3 is 0 Å². The predicted octanol–water partition coefficient (Wildman–Crippen LogP) is 6.12. The average Bonchev–Trinajstić information content (AvgIpc) is 3.29. The molecule has 0 spiro atoms. The number of aryl methyl sites for hydroxylation is 1. The Balaban J connectivity index is 1.50. The van der Waals surface area contributed by atoms with Gasteiger partial charge in [-0.05, 0) is 63.2 Å². The molecule has 3 aromatic rings. The van der Waals surface area contributed by atoms with Crippen LogP contribution in [0.25, 0.3) is 11.4 Å². The number of likely N-dealkylation sites (N-methyl/N-ethyl adjacent to an activating group) is 1. The van der Waals surface area contributed by atoms with E-state index in [4.69, 9.17) is 23.2 Å². The molecule has 0 saturated carbocycles. The summed E-state index contributed by atoms with van der Waals surface area (Å²) in [4.78, 5) is 25.5. The first kappa shape index (κ1) is 24.6. The lowest BCUT2D eigenvalue weighted by Gasteiger charge is -2.45. The van der Waals surface area contributed by atoms with E-state index in [9.17, 15) is 4.79 Å². The molecule has 1 aliphatic rings. The van der Waals surface area contributed by atoms with Gasteiger partial charge in [-0.15, -0.1) is 0 Å². The van der Waals surface area contributed by atoms with Crippen molar-refractivity contribution in [2.75, 3.05) is 29.9 Å². The van der Waals surface area contributed by atoms with Gasteiger partial charge in [0.1, 0.15) is 5.82 Å². The van der Waals surface area contributed by atoms with E-state index in [1.54, 1.807) is 24.4 Å². The lowest BCUT2D eigenvalue weighted by Crippen LogP contribution is -2.56. The molecule has 8 heteroatoms. The van der Waals surface area contributed by atoms with Crippen molar-refractivity contribution in [1.29, 1.82) is 0 Å². The Bertz CT molecular complexity index is 1170. The molecule has 6 nitrogen and oxygen atoms in total. The van der Waals surface area contributed by atoms with Crippen molar-refractivity contribution in [3.8, 4) is 11.4 Å². The Labute approximate surface area is 211 Å². The molecule has 0 bridgehead atoms. The van der Waals surface area contributed by atoms with Gasteiger partial charge in [-0.3, -0.25) is 9.69 Å². The largest absolute Gasteiger partial charge is 0.368 e. The van der Waals surface area contributed by atoms with Crippen molar-refractivity contribution in [1.82, 2.24) is 14.9 Å². The summed E-state index contributed by atoms with van der Waals surface area (Å²) in [6.07, 6.45) is 2.64. The first-order chi connectivity index (χ1) is 16.3. The van der Waals surface area contributed by atoms with Crippen molar-refractivity contribution in [2.24, 2.45) is 0 Å². The van der Waals surface area contributed by atoms with E-state index in [0.717, 1.165) is 43.0 Å². The number of nitrogens with one attached hydrogen (secondary N) is 2. The predicted molar refractivity (Wildman–Crippen MR) is 141 cm³/mol. The Morgan fingerprint density at radius 1 is 1.09 bits per heavy atom. The van der Waals surface area contributed by atoms with Crippen molar-refractivity contribution >= 4 is 40.5 Å². The molecular formula is C26H31Cl2N5O. The highest BCUT2D eigenvalue weighted by atomic mass is 35.5. The molecule has 0 unspecified atom stereocenters. The summed E-state index contributed by atoms with van der Waals surface area (Å²) in [5.74, 6) is 0.406. The molecular weight excluding hydrogens is 469 g/mol. The summed E-state index contributed by atoms with van der Waals surface area (Å²) in [5.41, 5.74) is 3.84. The van der Waals surface area contributed by atoms with Crippen LogP contribution in [-0.2, 0) is 6.42 Å². The number of carbonyl (C=O) groups excluding carboxylic acids is 1. The molecule has 1 saturated heterocycles.